The minimum absolute atomic E-state index is 0.276. The second-order valence-corrected chi connectivity index (χ2v) is 6.03. The van der Waals surface area contributed by atoms with Gasteiger partial charge < -0.3 is 9.47 Å². The number of hydrogen-bond acceptors (Lipinski definition) is 4. The van der Waals surface area contributed by atoms with Gasteiger partial charge in [0, 0.05) is 13.0 Å². The van der Waals surface area contributed by atoms with E-state index in [1.165, 1.54) is 4.90 Å². The zero-order valence-electron chi connectivity index (χ0n) is 15.2. The molecule has 1 unspecified atom stereocenters. The van der Waals surface area contributed by atoms with Crippen LogP contribution in [0.3, 0.4) is 0 Å². The largest absolute Gasteiger partial charge is 0.464 e. The van der Waals surface area contributed by atoms with E-state index >= 15 is 0 Å². The van der Waals surface area contributed by atoms with Crippen molar-refractivity contribution in [3.8, 4) is 0 Å². The maximum absolute atomic E-state index is 12.5. The molecular weight excluding hydrogens is 306 g/mol. The fourth-order valence-electron chi connectivity index (χ4n) is 2.37. The molecule has 1 aromatic rings. The number of carbonyl (C=O) groups is 2. The van der Waals surface area contributed by atoms with E-state index in [4.69, 9.17) is 9.47 Å². The minimum atomic E-state index is -0.676. The Morgan fingerprint density at radius 3 is 2.21 bits per heavy atom. The lowest BCUT2D eigenvalue weighted by molar-refractivity contribution is -0.149. The van der Waals surface area contributed by atoms with Gasteiger partial charge in [-0.25, -0.2) is 9.59 Å². The van der Waals surface area contributed by atoms with Crippen LogP contribution in [0, 0.1) is 5.92 Å². The Hall–Kier alpha value is -2.04. The molecule has 0 fully saturated rings. The van der Waals surface area contributed by atoms with Gasteiger partial charge in [-0.15, -0.1) is 0 Å². The average Bonchev–Trinajstić information content (AvgIpc) is 2.55. The van der Waals surface area contributed by atoms with Crippen LogP contribution in [-0.2, 0) is 20.7 Å². The van der Waals surface area contributed by atoms with Crippen LogP contribution in [0.2, 0.25) is 0 Å². The molecule has 1 amide bonds. The molecule has 0 saturated heterocycles. The van der Waals surface area contributed by atoms with Crippen LogP contribution in [0.25, 0.3) is 0 Å². The summed E-state index contributed by atoms with van der Waals surface area (Å²) in [5.41, 5.74) is 0.981. The Balaban J connectivity index is 3.02. The summed E-state index contributed by atoms with van der Waals surface area (Å²) in [6, 6.07) is 8.96. The number of rotatable bonds is 9. The van der Waals surface area contributed by atoms with E-state index < -0.39 is 18.1 Å². The van der Waals surface area contributed by atoms with Crippen molar-refractivity contribution >= 4 is 12.1 Å². The van der Waals surface area contributed by atoms with Crippen LogP contribution in [0.4, 0.5) is 4.79 Å². The third kappa shape index (κ3) is 6.60. The molecule has 134 valence electrons. The molecular formula is C19H29NO4. The van der Waals surface area contributed by atoms with Gasteiger partial charge in [-0.05, 0) is 31.7 Å². The Morgan fingerprint density at radius 2 is 1.67 bits per heavy atom. The van der Waals surface area contributed by atoms with Crippen molar-refractivity contribution in [3.63, 3.8) is 0 Å². The van der Waals surface area contributed by atoms with Gasteiger partial charge in [0.1, 0.15) is 6.04 Å². The van der Waals surface area contributed by atoms with Gasteiger partial charge in [0.05, 0.1) is 13.2 Å². The third-order valence-electron chi connectivity index (χ3n) is 3.66. The van der Waals surface area contributed by atoms with Gasteiger partial charge in [-0.3, -0.25) is 4.90 Å². The lowest BCUT2D eigenvalue weighted by atomic mass is 10.0. The SMILES string of the molecule is CCOC(=O)C(Cc1ccccc1)N(CCC(C)C)C(=O)OCC. The fraction of sp³-hybridized carbons (Fsp3) is 0.579. The zero-order valence-corrected chi connectivity index (χ0v) is 15.2. The molecule has 24 heavy (non-hydrogen) atoms. The monoisotopic (exact) mass is 335 g/mol. The number of benzene rings is 1. The van der Waals surface area contributed by atoms with Crippen molar-refractivity contribution in [1.29, 1.82) is 0 Å². The highest BCUT2D eigenvalue weighted by molar-refractivity contribution is 5.81. The molecule has 1 rings (SSSR count). The molecule has 0 spiro atoms. The average molecular weight is 335 g/mol. The Bertz CT molecular complexity index is 501. The van der Waals surface area contributed by atoms with Crippen LogP contribution in [-0.4, -0.2) is 42.8 Å². The molecule has 0 heterocycles. The minimum Gasteiger partial charge on any atom is -0.464 e. The van der Waals surface area contributed by atoms with E-state index in [2.05, 4.69) is 13.8 Å². The number of esters is 1. The van der Waals surface area contributed by atoms with Crippen LogP contribution >= 0.6 is 0 Å². The maximum atomic E-state index is 12.5. The number of nitrogens with zero attached hydrogens (tertiary/aromatic N) is 1. The zero-order chi connectivity index (χ0) is 17.9. The topological polar surface area (TPSA) is 55.8 Å². The Morgan fingerprint density at radius 1 is 1.04 bits per heavy atom. The summed E-state index contributed by atoms with van der Waals surface area (Å²) in [5.74, 6) is 0.0275. The van der Waals surface area contributed by atoms with Crippen molar-refractivity contribution in [2.24, 2.45) is 5.92 Å². The van der Waals surface area contributed by atoms with E-state index in [1.54, 1.807) is 13.8 Å². The highest BCUT2D eigenvalue weighted by Crippen LogP contribution is 2.15. The molecule has 1 aromatic carbocycles. The maximum Gasteiger partial charge on any atom is 0.410 e. The smallest absolute Gasteiger partial charge is 0.410 e. The van der Waals surface area contributed by atoms with Gasteiger partial charge in [0.25, 0.3) is 0 Å². The first-order valence-electron chi connectivity index (χ1n) is 8.63. The second-order valence-electron chi connectivity index (χ2n) is 6.03. The van der Waals surface area contributed by atoms with Gasteiger partial charge >= 0.3 is 12.1 Å². The van der Waals surface area contributed by atoms with E-state index in [1.807, 2.05) is 30.3 Å². The first kappa shape index (κ1) is 20.0. The van der Waals surface area contributed by atoms with Gasteiger partial charge in [0.15, 0.2) is 0 Å². The summed E-state index contributed by atoms with van der Waals surface area (Å²) in [7, 11) is 0. The second kappa shape index (κ2) is 10.7. The predicted molar refractivity (Wildman–Crippen MR) is 93.8 cm³/mol. The molecule has 5 heteroatoms. The lowest BCUT2D eigenvalue weighted by Gasteiger charge is -2.30. The van der Waals surface area contributed by atoms with Crippen molar-refractivity contribution in [3.05, 3.63) is 35.9 Å². The van der Waals surface area contributed by atoms with E-state index in [9.17, 15) is 9.59 Å². The summed E-state index contributed by atoms with van der Waals surface area (Å²) in [6.45, 7) is 8.71. The number of ether oxygens (including phenoxy) is 2. The van der Waals surface area contributed by atoms with Crippen molar-refractivity contribution in [2.75, 3.05) is 19.8 Å². The summed E-state index contributed by atoms with van der Waals surface area (Å²) >= 11 is 0. The highest BCUT2D eigenvalue weighted by Gasteiger charge is 2.32. The van der Waals surface area contributed by atoms with Crippen LogP contribution in [0.1, 0.15) is 39.7 Å². The number of amides is 1. The highest BCUT2D eigenvalue weighted by atomic mass is 16.6. The normalized spacial score (nSPS) is 11.9. The standard InChI is InChI=1S/C19H29NO4/c1-5-23-18(21)17(14-16-10-8-7-9-11-16)20(13-12-15(3)4)19(22)24-6-2/h7-11,15,17H,5-6,12-14H2,1-4H3. The number of carbonyl (C=O) groups excluding carboxylic acids is 2. The van der Waals surface area contributed by atoms with Crippen LogP contribution in [0.5, 0.6) is 0 Å². The van der Waals surface area contributed by atoms with Crippen LogP contribution < -0.4 is 0 Å². The molecule has 0 N–H and O–H groups in total. The molecule has 0 aliphatic heterocycles. The molecule has 1 atom stereocenters. The molecule has 5 nitrogen and oxygen atoms in total. The predicted octanol–water partition coefficient (Wildman–Crippen LogP) is 3.67. The molecule has 0 aliphatic carbocycles. The van der Waals surface area contributed by atoms with Crippen LogP contribution in [0.15, 0.2) is 30.3 Å². The van der Waals surface area contributed by atoms with Crippen molar-refractivity contribution < 1.29 is 19.1 Å². The quantitative estimate of drug-likeness (QED) is 0.646. The molecule has 0 radical (unpaired) electrons. The van der Waals surface area contributed by atoms with Gasteiger partial charge in [-0.1, -0.05) is 44.2 Å². The van der Waals surface area contributed by atoms with Gasteiger partial charge in [-0.2, -0.15) is 0 Å². The van der Waals surface area contributed by atoms with Crippen molar-refractivity contribution in [2.45, 2.75) is 46.6 Å². The third-order valence-corrected chi connectivity index (χ3v) is 3.66. The Labute approximate surface area is 144 Å². The molecule has 0 aromatic heterocycles. The lowest BCUT2D eigenvalue weighted by Crippen LogP contribution is -2.48. The molecule has 0 saturated carbocycles. The molecule has 0 bridgehead atoms. The molecule has 0 aliphatic rings. The Kier molecular flexibility index (Phi) is 8.90. The summed E-state index contributed by atoms with van der Waals surface area (Å²) in [5, 5.41) is 0. The van der Waals surface area contributed by atoms with Crippen molar-refractivity contribution in [1.82, 2.24) is 4.90 Å². The fourth-order valence-corrected chi connectivity index (χ4v) is 2.37. The number of hydrogen-bond donors (Lipinski definition) is 0. The first-order chi connectivity index (χ1) is 11.5. The summed E-state index contributed by atoms with van der Waals surface area (Å²) in [6.07, 6.45) is 0.743. The van der Waals surface area contributed by atoms with E-state index in [0.717, 1.165) is 12.0 Å². The van der Waals surface area contributed by atoms with E-state index in [0.29, 0.717) is 18.9 Å². The summed E-state index contributed by atoms with van der Waals surface area (Å²) in [4.78, 5) is 26.4. The summed E-state index contributed by atoms with van der Waals surface area (Å²) < 4.78 is 10.4. The van der Waals surface area contributed by atoms with Gasteiger partial charge in [0.2, 0.25) is 0 Å². The first-order valence-corrected chi connectivity index (χ1v) is 8.63. The van der Waals surface area contributed by atoms with E-state index in [-0.39, 0.29) is 13.2 Å².